The highest BCUT2D eigenvalue weighted by Crippen LogP contribution is 2.29. The third-order valence-corrected chi connectivity index (χ3v) is 4.74. The van der Waals surface area contributed by atoms with E-state index in [9.17, 15) is 13.2 Å². The van der Waals surface area contributed by atoms with Crippen molar-refractivity contribution in [1.29, 1.82) is 0 Å². The molecule has 2 aromatic rings. The van der Waals surface area contributed by atoms with E-state index in [-0.39, 0.29) is 4.90 Å². The first-order chi connectivity index (χ1) is 9.31. The predicted octanol–water partition coefficient (Wildman–Crippen LogP) is 2.56. The molecule has 1 heterocycles. The molecule has 1 aromatic heterocycles. The van der Waals surface area contributed by atoms with Crippen molar-refractivity contribution < 1.29 is 8.42 Å². The van der Waals surface area contributed by atoms with Crippen LogP contribution >= 0.6 is 15.9 Å². The normalized spacial score (nSPS) is 11.3. The van der Waals surface area contributed by atoms with Crippen LogP contribution in [-0.4, -0.2) is 13.4 Å². The maximum atomic E-state index is 12.3. The van der Waals surface area contributed by atoms with Crippen molar-refractivity contribution in [2.75, 3.05) is 4.72 Å². The molecule has 0 aliphatic heterocycles. The maximum Gasteiger partial charge on any atom is 0.267 e. The molecule has 0 aliphatic rings. The number of H-pyrrole nitrogens is 1. The first-order valence-electron chi connectivity index (χ1n) is 5.78. The number of hydrogen-bond donors (Lipinski definition) is 2. The predicted molar refractivity (Wildman–Crippen MR) is 81.5 cm³/mol. The fourth-order valence-corrected chi connectivity index (χ4v) is 3.96. The number of benzene rings is 1. The number of anilines is 1. The van der Waals surface area contributed by atoms with Crippen LogP contribution in [0.2, 0.25) is 0 Å². The summed E-state index contributed by atoms with van der Waals surface area (Å²) in [5, 5.41) is 0. The van der Waals surface area contributed by atoms with Crippen molar-refractivity contribution in [3.8, 4) is 0 Å². The van der Waals surface area contributed by atoms with Gasteiger partial charge in [-0.25, -0.2) is 8.42 Å². The van der Waals surface area contributed by atoms with E-state index in [1.165, 1.54) is 18.5 Å². The van der Waals surface area contributed by atoms with Gasteiger partial charge in [0.1, 0.15) is 0 Å². The molecule has 0 saturated carbocycles. The molecule has 0 fully saturated rings. The average Bonchev–Trinajstić information content (AvgIpc) is 2.34. The van der Waals surface area contributed by atoms with Crippen LogP contribution in [0.25, 0.3) is 0 Å². The number of aromatic nitrogens is 1. The Morgan fingerprint density at radius 3 is 2.55 bits per heavy atom. The van der Waals surface area contributed by atoms with E-state index in [2.05, 4.69) is 25.6 Å². The van der Waals surface area contributed by atoms with Crippen LogP contribution in [-0.2, 0) is 10.0 Å². The molecule has 0 amide bonds. The Kier molecular flexibility index (Phi) is 4.01. The van der Waals surface area contributed by atoms with Gasteiger partial charge in [-0.15, -0.1) is 0 Å². The molecule has 0 radical (unpaired) electrons. The van der Waals surface area contributed by atoms with Crippen LogP contribution in [0.1, 0.15) is 11.1 Å². The van der Waals surface area contributed by atoms with Gasteiger partial charge in [0.25, 0.3) is 10.0 Å². The summed E-state index contributed by atoms with van der Waals surface area (Å²) in [6.07, 6.45) is 2.55. The van der Waals surface area contributed by atoms with E-state index >= 15 is 0 Å². The fourth-order valence-electron chi connectivity index (χ4n) is 1.85. The minimum atomic E-state index is -3.93. The van der Waals surface area contributed by atoms with Crippen molar-refractivity contribution in [2.45, 2.75) is 18.7 Å². The minimum absolute atomic E-state index is 0.313. The Balaban J connectivity index is 2.50. The number of aromatic amines is 1. The number of hydrogen-bond acceptors (Lipinski definition) is 3. The van der Waals surface area contributed by atoms with Gasteiger partial charge in [0.2, 0.25) is 5.43 Å². The van der Waals surface area contributed by atoms with Crippen molar-refractivity contribution in [2.24, 2.45) is 0 Å². The molecule has 1 aromatic carbocycles. The maximum absolute atomic E-state index is 12.3. The molecule has 2 N–H and O–H groups in total. The quantitative estimate of drug-likeness (QED) is 0.886. The van der Waals surface area contributed by atoms with E-state index < -0.39 is 15.5 Å². The molecule has 0 aliphatic carbocycles. The second kappa shape index (κ2) is 5.41. The van der Waals surface area contributed by atoms with Gasteiger partial charge in [-0.05, 0) is 47.0 Å². The van der Waals surface area contributed by atoms with Crippen LogP contribution in [0.15, 0.2) is 44.8 Å². The fraction of sp³-hybridized carbons (Fsp3) is 0.154. The highest BCUT2D eigenvalue weighted by molar-refractivity contribution is 9.10. The van der Waals surface area contributed by atoms with Crippen LogP contribution < -0.4 is 10.2 Å². The summed E-state index contributed by atoms with van der Waals surface area (Å²) < 4.78 is 27.6. The second-order valence-electron chi connectivity index (χ2n) is 4.42. The number of pyridine rings is 1. The van der Waals surface area contributed by atoms with Crippen LogP contribution in [0, 0.1) is 13.8 Å². The average molecular weight is 357 g/mol. The van der Waals surface area contributed by atoms with Crippen molar-refractivity contribution in [3.05, 3.63) is 56.4 Å². The SMILES string of the molecule is Cc1cc(C)c(NS(=O)(=O)c2c[nH]ccc2=O)c(Br)c1. The number of rotatable bonds is 3. The lowest BCUT2D eigenvalue weighted by atomic mass is 10.1. The lowest BCUT2D eigenvalue weighted by Gasteiger charge is -2.13. The molecule has 20 heavy (non-hydrogen) atoms. The number of sulfonamides is 1. The minimum Gasteiger partial charge on any atom is -0.366 e. The van der Waals surface area contributed by atoms with Crippen LogP contribution in [0.4, 0.5) is 5.69 Å². The first kappa shape index (κ1) is 14.8. The van der Waals surface area contributed by atoms with E-state index in [1.54, 1.807) is 13.0 Å². The molecule has 0 saturated heterocycles. The summed E-state index contributed by atoms with van der Waals surface area (Å²) in [6.45, 7) is 3.71. The highest BCUT2D eigenvalue weighted by Gasteiger charge is 2.20. The zero-order valence-corrected chi connectivity index (χ0v) is 13.3. The molecule has 2 rings (SSSR count). The Morgan fingerprint density at radius 1 is 1.25 bits per heavy atom. The highest BCUT2D eigenvalue weighted by atomic mass is 79.9. The molecule has 7 heteroatoms. The van der Waals surface area contributed by atoms with Gasteiger partial charge < -0.3 is 4.98 Å². The van der Waals surface area contributed by atoms with E-state index in [0.29, 0.717) is 10.2 Å². The smallest absolute Gasteiger partial charge is 0.267 e. The molecule has 106 valence electrons. The summed E-state index contributed by atoms with van der Waals surface area (Å²) in [7, 11) is -3.93. The lowest BCUT2D eigenvalue weighted by molar-refractivity contribution is 0.600. The molecular weight excluding hydrogens is 344 g/mol. The monoisotopic (exact) mass is 356 g/mol. The van der Waals surface area contributed by atoms with Gasteiger partial charge in [0.05, 0.1) is 5.69 Å². The van der Waals surface area contributed by atoms with Gasteiger partial charge in [-0.1, -0.05) is 6.07 Å². The Labute approximate surface area is 125 Å². The zero-order chi connectivity index (χ0) is 14.9. The lowest BCUT2D eigenvalue weighted by Crippen LogP contribution is -2.21. The number of nitrogens with one attached hydrogen (secondary N) is 2. The second-order valence-corrected chi connectivity index (χ2v) is 6.92. The summed E-state index contributed by atoms with van der Waals surface area (Å²) in [6, 6.07) is 4.84. The molecule has 0 spiro atoms. The van der Waals surface area contributed by atoms with Crippen molar-refractivity contribution in [1.82, 2.24) is 4.98 Å². The molecule has 0 unspecified atom stereocenters. The third-order valence-electron chi connectivity index (χ3n) is 2.75. The zero-order valence-electron chi connectivity index (χ0n) is 10.9. The third kappa shape index (κ3) is 2.94. The van der Waals surface area contributed by atoms with Gasteiger partial charge >= 0.3 is 0 Å². The van der Waals surface area contributed by atoms with E-state index in [1.807, 2.05) is 13.0 Å². The van der Waals surface area contributed by atoms with Gasteiger partial charge in [-0.2, -0.15) is 0 Å². The summed E-state index contributed by atoms with van der Waals surface area (Å²) in [5.41, 5.74) is 1.65. The summed E-state index contributed by atoms with van der Waals surface area (Å²) >= 11 is 3.33. The first-order valence-corrected chi connectivity index (χ1v) is 8.05. The van der Waals surface area contributed by atoms with Crippen molar-refractivity contribution in [3.63, 3.8) is 0 Å². The largest absolute Gasteiger partial charge is 0.366 e. The van der Waals surface area contributed by atoms with Crippen molar-refractivity contribution >= 4 is 31.6 Å². The summed E-state index contributed by atoms with van der Waals surface area (Å²) in [4.78, 5) is 13.9. The summed E-state index contributed by atoms with van der Waals surface area (Å²) in [5.74, 6) is 0. The molecule has 5 nitrogen and oxygen atoms in total. The Morgan fingerprint density at radius 2 is 1.95 bits per heavy atom. The van der Waals surface area contributed by atoms with E-state index in [4.69, 9.17) is 0 Å². The topological polar surface area (TPSA) is 79.0 Å². The van der Waals surface area contributed by atoms with Crippen LogP contribution in [0.3, 0.4) is 0 Å². The van der Waals surface area contributed by atoms with Gasteiger partial charge in [0, 0.05) is 22.9 Å². The number of halogens is 1. The van der Waals surface area contributed by atoms with Crippen LogP contribution in [0.5, 0.6) is 0 Å². The molecule has 0 bridgehead atoms. The Hall–Kier alpha value is -1.60. The number of aryl methyl sites for hydroxylation is 2. The van der Waals surface area contributed by atoms with Gasteiger partial charge in [0.15, 0.2) is 4.90 Å². The van der Waals surface area contributed by atoms with Gasteiger partial charge in [-0.3, -0.25) is 9.52 Å². The Bertz CT molecular complexity index is 789. The molecule has 0 atom stereocenters. The van der Waals surface area contributed by atoms with E-state index in [0.717, 1.165) is 11.1 Å². The molecular formula is C13H13BrN2O3S. The standard InChI is InChI=1S/C13H13BrN2O3S/c1-8-5-9(2)13(10(14)6-8)16-20(18,19)12-7-15-4-3-11(12)17/h3-7,16H,1-2H3,(H,15,17).